The first-order chi connectivity index (χ1) is 21.5. The average molecular weight is 604 g/mol. The highest BCUT2D eigenvalue weighted by molar-refractivity contribution is 6.67. The standard InChI is InChI=1S/C36H38ClN7/c1-25(38)30(36(37)41-29-11-3-2-4-12-29)22-39-21-26-16-18-27(19-17-26)23-44(24-34-42-31-13-5-6-14-32(31)43-34)33-15-7-9-28-10-8-20-40-35(28)33/h2-6,8,10-14,16-20,30,33,38-39H,7,9,15,21-24H2,1H3,(H,42,43). The number of aromatic amines is 1. The molecule has 0 amide bonds. The molecule has 0 radical (unpaired) electrons. The van der Waals surface area contributed by atoms with E-state index in [1.807, 2.05) is 54.7 Å². The molecule has 8 heteroatoms. The summed E-state index contributed by atoms with van der Waals surface area (Å²) in [5.74, 6) is 0.704. The normalized spacial score (nSPS) is 15.8. The van der Waals surface area contributed by atoms with Crippen LogP contribution in [-0.4, -0.2) is 37.3 Å². The van der Waals surface area contributed by atoms with Gasteiger partial charge < -0.3 is 15.7 Å². The zero-order valence-electron chi connectivity index (χ0n) is 25.0. The Kier molecular flexibility index (Phi) is 9.56. The van der Waals surface area contributed by atoms with Gasteiger partial charge in [-0.1, -0.05) is 72.3 Å². The highest BCUT2D eigenvalue weighted by Gasteiger charge is 2.28. The van der Waals surface area contributed by atoms with Crippen molar-refractivity contribution >= 4 is 39.2 Å². The number of aryl methyl sites for hydroxylation is 1. The van der Waals surface area contributed by atoms with Gasteiger partial charge in [0.2, 0.25) is 0 Å². The Bertz CT molecular complexity index is 1700. The molecule has 3 N–H and O–H groups in total. The topological polar surface area (TPSA) is 93.1 Å². The molecule has 6 rings (SSSR count). The fourth-order valence-electron chi connectivity index (χ4n) is 5.97. The van der Waals surface area contributed by atoms with Gasteiger partial charge in [0, 0.05) is 31.5 Å². The molecule has 5 aromatic rings. The predicted octanol–water partition coefficient (Wildman–Crippen LogP) is 7.75. The maximum atomic E-state index is 8.25. The SMILES string of the molecule is CC(=N)C(CNCc1ccc(CN(Cc2nc3ccccc3[nH]2)C2CCCc3cccnc32)cc1)C(Cl)=Nc1ccccc1. The lowest BCUT2D eigenvalue weighted by atomic mass is 9.90. The van der Waals surface area contributed by atoms with E-state index >= 15 is 0 Å². The summed E-state index contributed by atoms with van der Waals surface area (Å²) in [6.07, 6.45) is 5.24. The molecule has 3 aromatic carbocycles. The second-order valence-corrected chi connectivity index (χ2v) is 11.9. The van der Waals surface area contributed by atoms with Crippen LogP contribution >= 0.6 is 11.6 Å². The number of pyridine rings is 1. The van der Waals surface area contributed by atoms with Gasteiger partial charge in [-0.15, -0.1) is 0 Å². The van der Waals surface area contributed by atoms with E-state index in [2.05, 4.69) is 62.7 Å². The quantitative estimate of drug-likeness (QED) is 0.127. The largest absolute Gasteiger partial charge is 0.341 e. The van der Waals surface area contributed by atoms with Crippen molar-refractivity contribution in [2.24, 2.45) is 10.9 Å². The summed E-state index contributed by atoms with van der Waals surface area (Å²) < 4.78 is 0. The summed E-state index contributed by atoms with van der Waals surface area (Å²) in [4.78, 5) is 20.3. The molecule has 0 spiro atoms. The Balaban J connectivity index is 1.14. The van der Waals surface area contributed by atoms with Gasteiger partial charge in [-0.3, -0.25) is 9.88 Å². The molecule has 0 bridgehead atoms. The van der Waals surface area contributed by atoms with Gasteiger partial charge in [-0.25, -0.2) is 9.98 Å². The van der Waals surface area contributed by atoms with Crippen LogP contribution in [0.2, 0.25) is 0 Å². The number of aromatic nitrogens is 3. The van der Waals surface area contributed by atoms with E-state index in [4.69, 9.17) is 27.0 Å². The summed E-state index contributed by atoms with van der Waals surface area (Å²) in [5, 5.41) is 12.2. The minimum absolute atomic E-state index is 0.234. The van der Waals surface area contributed by atoms with Gasteiger partial charge in [0.05, 0.1) is 40.9 Å². The molecule has 2 atom stereocenters. The van der Waals surface area contributed by atoms with Crippen molar-refractivity contribution in [3.63, 3.8) is 0 Å². The lowest BCUT2D eigenvalue weighted by Gasteiger charge is -2.34. The molecule has 7 nitrogen and oxygen atoms in total. The lowest BCUT2D eigenvalue weighted by Crippen LogP contribution is -2.32. The Hall–Kier alpha value is -4.17. The van der Waals surface area contributed by atoms with Crippen molar-refractivity contribution in [2.45, 2.75) is 51.9 Å². The van der Waals surface area contributed by atoms with Crippen LogP contribution in [0.4, 0.5) is 5.69 Å². The second-order valence-electron chi connectivity index (χ2n) is 11.5. The molecule has 224 valence electrons. The van der Waals surface area contributed by atoms with Crippen LogP contribution in [0.15, 0.2) is 102 Å². The zero-order chi connectivity index (χ0) is 30.3. The molecular weight excluding hydrogens is 566 g/mol. The van der Waals surface area contributed by atoms with Gasteiger partial charge in [0.25, 0.3) is 0 Å². The van der Waals surface area contributed by atoms with Crippen molar-refractivity contribution in [3.8, 4) is 0 Å². The van der Waals surface area contributed by atoms with Crippen LogP contribution in [0.5, 0.6) is 0 Å². The van der Waals surface area contributed by atoms with Crippen LogP contribution in [0.1, 0.15) is 54.0 Å². The molecule has 0 saturated carbocycles. The fourth-order valence-corrected chi connectivity index (χ4v) is 6.31. The smallest absolute Gasteiger partial charge is 0.121 e. The number of halogens is 1. The average Bonchev–Trinajstić information content (AvgIpc) is 3.46. The number of nitrogens with zero attached hydrogens (tertiary/aromatic N) is 4. The monoisotopic (exact) mass is 603 g/mol. The molecule has 2 unspecified atom stereocenters. The molecule has 1 aliphatic carbocycles. The third-order valence-corrected chi connectivity index (χ3v) is 8.63. The number of para-hydroxylation sites is 3. The molecule has 0 fully saturated rings. The van der Waals surface area contributed by atoms with Crippen LogP contribution in [0, 0.1) is 11.3 Å². The number of imidazole rings is 1. The Morgan fingerprint density at radius 2 is 1.77 bits per heavy atom. The number of aliphatic imine (C=N–C) groups is 1. The molecule has 0 saturated heterocycles. The van der Waals surface area contributed by atoms with E-state index in [1.165, 1.54) is 22.4 Å². The molecule has 44 heavy (non-hydrogen) atoms. The molecule has 1 aliphatic rings. The minimum atomic E-state index is -0.269. The molecule has 2 aromatic heterocycles. The lowest BCUT2D eigenvalue weighted by molar-refractivity contribution is 0.153. The predicted molar refractivity (Wildman–Crippen MR) is 180 cm³/mol. The highest BCUT2D eigenvalue weighted by atomic mass is 35.5. The van der Waals surface area contributed by atoms with Gasteiger partial charge in [-0.2, -0.15) is 0 Å². The third kappa shape index (κ3) is 7.30. The number of benzene rings is 3. The van der Waals surface area contributed by atoms with Crippen molar-refractivity contribution < 1.29 is 0 Å². The van der Waals surface area contributed by atoms with E-state index < -0.39 is 0 Å². The van der Waals surface area contributed by atoms with E-state index in [1.54, 1.807) is 6.92 Å². The number of H-pyrrole nitrogens is 1. The summed E-state index contributed by atoms with van der Waals surface area (Å²) in [5.41, 5.74) is 8.32. The Labute approximate surface area is 263 Å². The summed E-state index contributed by atoms with van der Waals surface area (Å²) in [6, 6.07) is 31.1. The summed E-state index contributed by atoms with van der Waals surface area (Å²) in [7, 11) is 0. The molecule has 2 heterocycles. The van der Waals surface area contributed by atoms with Gasteiger partial charge >= 0.3 is 0 Å². The molecule has 0 aliphatic heterocycles. The van der Waals surface area contributed by atoms with Crippen LogP contribution < -0.4 is 5.32 Å². The maximum absolute atomic E-state index is 8.25. The van der Waals surface area contributed by atoms with E-state index in [9.17, 15) is 0 Å². The minimum Gasteiger partial charge on any atom is -0.341 e. The first-order valence-corrected chi connectivity index (χ1v) is 15.7. The number of hydrogen-bond donors (Lipinski definition) is 3. The van der Waals surface area contributed by atoms with Gasteiger partial charge in [0.15, 0.2) is 0 Å². The van der Waals surface area contributed by atoms with E-state index in [-0.39, 0.29) is 12.0 Å². The van der Waals surface area contributed by atoms with E-state index in [0.717, 1.165) is 48.4 Å². The first-order valence-electron chi connectivity index (χ1n) is 15.3. The van der Waals surface area contributed by atoms with Crippen molar-refractivity contribution in [2.75, 3.05) is 6.54 Å². The number of fused-ring (bicyclic) bond motifs is 2. The van der Waals surface area contributed by atoms with Crippen molar-refractivity contribution in [1.82, 2.24) is 25.2 Å². The summed E-state index contributed by atoms with van der Waals surface area (Å²) >= 11 is 6.56. The van der Waals surface area contributed by atoms with Crippen LogP contribution in [-0.2, 0) is 26.1 Å². The summed E-state index contributed by atoms with van der Waals surface area (Å²) in [6.45, 7) is 4.52. The maximum Gasteiger partial charge on any atom is 0.121 e. The third-order valence-electron chi connectivity index (χ3n) is 8.29. The second kappa shape index (κ2) is 14.1. The zero-order valence-corrected chi connectivity index (χ0v) is 25.8. The highest BCUT2D eigenvalue weighted by Crippen LogP contribution is 2.34. The first kappa shape index (κ1) is 29.9. The molecular formula is C36H38ClN7. The number of nitrogens with one attached hydrogen (secondary N) is 3. The van der Waals surface area contributed by atoms with Crippen LogP contribution in [0.3, 0.4) is 0 Å². The fraction of sp³-hybridized carbons (Fsp3) is 0.278. The van der Waals surface area contributed by atoms with E-state index in [0.29, 0.717) is 30.5 Å². The number of rotatable bonds is 12. The number of hydrogen-bond acceptors (Lipinski definition) is 6. The van der Waals surface area contributed by atoms with Gasteiger partial charge in [0.1, 0.15) is 11.0 Å². The Morgan fingerprint density at radius 3 is 2.57 bits per heavy atom. The van der Waals surface area contributed by atoms with Crippen LogP contribution in [0.25, 0.3) is 11.0 Å². The van der Waals surface area contributed by atoms with Gasteiger partial charge in [-0.05, 0) is 73.2 Å². The van der Waals surface area contributed by atoms with Crippen molar-refractivity contribution in [3.05, 3.63) is 125 Å². The van der Waals surface area contributed by atoms with Crippen molar-refractivity contribution in [1.29, 1.82) is 5.41 Å². The Morgan fingerprint density at radius 1 is 1.00 bits per heavy atom.